The molecule has 0 unspecified atom stereocenters. The smallest absolute Gasteiger partial charge is 0.255 e. The van der Waals surface area contributed by atoms with Crippen molar-refractivity contribution in [1.82, 2.24) is 15.1 Å². The molecule has 0 fully saturated rings. The SMILES string of the molecule is Cc1nn(C)c(C)c1C(=O)NCCSc1ccccc1. The fourth-order valence-electron chi connectivity index (χ4n) is 2.04. The Morgan fingerprint density at radius 3 is 2.60 bits per heavy atom. The number of benzene rings is 1. The van der Waals surface area contributed by atoms with Crippen LogP contribution < -0.4 is 5.32 Å². The lowest BCUT2D eigenvalue weighted by molar-refractivity contribution is 0.0955. The molecule has 1 N–H and O–H groups in total. The average molecular weight is 289 g/mol. The minimum atomic E-state index is -0.0400. The fraction of sp³-hybridized carbons (Fsp3) is 0.333. The predicted octanol–water partition coefficient (Wildman–Crippen LogP) is 2.56. The van der Waals surface area contributed by atoms with Gasteiger partial charge in [-0.1, -0.05) is 18.2 Å². The van der Waals surface area contributed by atoms with Crippen LogP contribution >= 0.6 is 11.8 Å². The lowest BCUT2D eigenvalue weighted by Crippen LogP contribution is -2.26. The largest absolute Gasteiger partial charge is 0.351 e. The molecule has 2 rings (SSSR count). The zero-order valence-corrected chi connectivity index (χ0v) is 12.8. The van der Waals surface area contributed by atoms with Gasteiger partial charge in [0.2, 0.25) is 0 Å². The molecule has 0 spiro atoms. The number of hydrogen-bond acceptors (Lipinski definition) is 3. The van der Waals surface area contributed by atoms with Crippen LogP contribution in [0.25, 0.3) is 0 Å². The van der Waals surface area contributed by atoms with Crippen molar-refractivity contribution in [2.45, 2.75) is 18.7 Å². The number of carbonyl (C=O) groups excluding carboxylic acids is 1. The molecule has 0 atom stereocenters. The maximum atomic E-state index is 12.1. The zero-order valence-electron chi connectivity index (χ0n) is 12.0. The third kappa shape index (κ3) is 3.42. The average Bonchev–Trinajstić information content (AvgIpc) is 2.69. The van der Waals surface area contributed by atoms with E-state index in [1.165, 1.54) is 4.90 Å². The summed E-state index contributed by atoms with van der Waals surface area (Å²) >= 11 is 1.74. The quantitative estimate of drug-likeness (QED) is 0.680. The first kappa shape index (κ1) is 14.7. The zero-order chi connectivity index (χ0) is 14.5. The highest BCUT2D eigenvalue weighted by Gasteiger charge is 2.16. The topological polar surface area (TPSA) is 46.9 Å². The second-order valence-electron chi connectivity index (χ2n) is 4.59. The van der Waals surface area contributed by atoms with E-state index in [1.807, 2.05) is 39.1 Å². The van der Waals surface area contributed by atoms with Crippen LogP contribution in [-0.2, 0) is 7.05 Å². The fourth-order valence-corrected chi connectivity index (χ4v) is 2.83. The van der Waals surface area contributed by atoms with Crippen molar-refractivity contribution in [3.8, 4) is 0 Å². The summed E-state index contributed by atoms with van der Waals surface area (Å²) in [6.07, 6.45) is 0. The van der Waals surface area contributed by atoms with Crippen LogP contribution in [0, 0.1) is 13.8 Å². The molecule has 20 heavy (non-hydrogen) atoms. The Labute approximate surface area is 123 Å². The molecule has 1 heterocycles. The summed E-state index contributed by atoms with van der Waals surface area (Å²) in [5.41, 5.74) is 2.37. The van der Waals surface area contributed by atoms with Crippen molar-refractivity contribution in [3.05, 3.63) is 47.3 Å². The van der Waals surface area contributed by atoms with Gasteiger partial charge in [-0.2, -0.15) is 5.10 Å². The van der Waals surface area contributed by atoms with Gasteiger partial charge in [0, 0.05) is 29.9 Å². The lowest BCUT2D eigenvalue weighted by Gasteiger charge is -2.05. The third-order valence-electron chi connectivity index (χ3n) is 3.14. The number of nitrogens with zero attached hydrogens (tertiary/aromatic N) is 2. The Morgan fingerprint density at radius 1 is 1.30 bits per heavy atom. The standard InChI is InChI=1S/C15H19N3OS/c1-11-14(12(2)18(3)17-11)15(19)16-9-10-20-13-7-5-4-6-8-13/h4-8H,9-10H2,1-3H3,(H,16,19). The van der Waals surface area contributed by atoms with Crippen LogP contribution in [0.2, 0.25) is 0 Å². The molecule has 0 saturated heterocycles. The number of amides is 1. The van der Waals surface area contributed by atoms with Crippen LogP contribution in [-0.4, -0.2) is 28.0 Å². The molecule has 4 nitrogen and oxygen atoms in total. The Kier molecular flexibility index (Phi) is 4.84. The summed E-state index contributed by atoms with van der Waals surface area (Å²) in [6, 6.07) is 10.2. The molecule has 0 bridgehead atoms. The normalized spacial score (nSPS) is 10.6. The van der Waals surface area contributed by atoms with Gasteiger partial charge in [0.15, 0.2) is 0 Å². The first-order chi connectivity index (χ1) is 9.59. The molecule has 106 valence electrons. The van der Waals surface area contributed by atoms with Gasteiger partial charge in [-0.3, -0.25) is 9.48 Å². The third-order valence-corrected chi connectivity index (χ3v) is 4.15. The molecule has 1 aromatic heterocycles. The summed E-state index contributed by atoms with van der Waals surface area (Å²) in [5, 5.41) is 7.21. The molecule has 0 aliphatic carbocycles. The summed E-state index contributed by atoms with van der Waals surface area (Å²) in [4.78, 5) is 13.4. The molecule has 5 heteroatoms. The van der Waals surface area contributed by atoms with Crippen LogP contribution in [0.15, 0.2) is 35.2 Å². The summed E-state index contributed by atoms with van der Waals surface area (Å²) < 4.78 is 1.74. The van der Waals surface area contributed by atoms with Gasteiger partial charge in [0.05, 0.1) is 11.3 Å². The Hall–Kier alpha value is -1.75. The highest BCUT2D eigenvalue weighted by atomic mass is 32.2. The van der Waals surface area contributed by atoms with E-state index in [0.717, 1.165) is 17.1 Å². The molecule has 0 radical (unpaired) electrons. The molecule has 0 saturated carbocycles. The van der Waals surface area contributed by atoms with E-state index in [2.05, 4.69) is 22.5 Å². The Morgan fingerprint density at radius 2 is 2.00 bits per heavy atom. The van der Waals surface area contributed by atoms with E-state index < -0.39 is 0 Å². The first-order valence-electron chi connectivity index (χ1n) is 6.56. The van der Waals surface area contributed by atoms with Crippen molar-refractivity contribution in [1.29, 1.82) is 0 Å². The van der Waals surface area contributed by atoms with E-state index in [4.69, 9.17) is 0 Å². The Bertz CT molecular complexity index is 593. The second-order valence-corrected chi connectivity index (χ2v) is 5.76. The molecular formula is C15H19N3OS. The number of hydrogen-bond donors (Lipinski definition) is 1. The second kappa shape index (κ2) is 6.61. The molecule has 1 aromatic carbocycles. The lowest BCUT2D eigenvalue weighted by atomic mass is 10.2. The Balaban J connectivity index is 1.84. The predicted molar refractivity (Wildman–Crippen MR) is 82.2 cm³/mol. The van der Waals surface area contributed by atoms with Gasteiger partial charge < -0.3 is 5.32 Å². The van der Waals surface area contributed by atoms with Gasteiger partial charge in [-0.15, -0.1) is 11.8 Å². The number of carbonyl (C=O) groups is 1. The minimum Gasteiger partial charge on any atom is -0.351 e. The van der Waals surface area contributed by atoms with Crippen LogP contribution in [0.4, 0.5) is 0 Å². The van der Waals surface area contributed by atoms with E-state index in [-0.39, 0.29) is 5.91 Å². The molecule has 0 aliphatic rings. The number of aromatic nitrogens is 2. The van der Waals surface area contributed by atoms with Crippen molar-refractivity contribution in [3.63, 3.8) is 0 Å². The maximum absolute atomic E-state index is 12.1. The van der Waals surface area contributed by atoms with Crippen molar-refractivity contribution in [2.24, 2.45) is 7.05 Å². The highest BCUT2D eigenvalue weighted by molar-refractivity contribution is 7.99. The van der Waals surface area contributed by atoms with E-state index in [9.17, 15) is 4.79 Å². The van der Waals surface area contributed by atoms with Gasteiger partial charge in [-0.05, 0) is 26.0 Å². The summed E-state index contributed by atoms with van der Waals surface area (Å²) in [5.74, 6) is 0.815. The summed E-state index contributed by atoms with van der Waals surface area (Å²) in [7, 11) is 1.85. The van der Waals surface area contributed by atoms with Gasteiger partial charge >= 0.3 is 0 Å². The molecule has 1 amide bonds. The monoisotopic (exact) mass is 289 g/mol. The van der Waals surface area contributed by atoms with Gasteiger partial charge in [0.25, 0.3) is 5.91 Å². The minimum absolute atomic E-state index is 0.0400. The van der Waals surface area contributed by atoms with Crippen molar-refractivity contribution >= 4 is 17.7 Å². The number of rotatable bonds is 5. The number of aryl methyl sites for hydroxylation is 2. The number of thioether (sulfide) groups is 1. The summed E-state index contributed by atoms with van der Waals surface area (Å²) in [6.45, 7) is 4.42. The van der Waals surface area contributed by atoms with Crippen molar-refractivity contribution in [2.75, 3.05) is 12.3 Å². The van der Waals surface area contributed by atoms with Gasteiger partial charge in [0.1, 0.15) is 0 Å². The van der Waals surface area contributed by atoms with Crippen LogP contribution in [0.5, 0.6) is 0 Å². The highest BCUT2D eigenvalue weighted by Crippen LogP contribution is 2.16. The van der Waals surface area contributed by atoms with Crippen LogP contribution in [0.1, 0.15) is 21.7 Å². The van der Waals surface area contributed by atoms with Crippen LogP contribution in [0.3, 0.4) is 0 Å². The maximum Gasteiger partial charge on any atom is 0.255 e. The molecular weight excluding hydrogens is 270 g/mol. The van der Waals surface area contributed by atoms with Crippen molar-refractivity contribution < 1.29 is 4.79 Å². The van der Waals surface area contributed by atoms with E-state index in [1.54, 1.807) is 16.4 Å². The molecule has 2 aromatic rings. The first-order valence-corrected chi connectivity index (χ1v) is 7.54. The van der Waals surface area contributed by atoms with Gasteiger partial charge in [-0.25, -0.2) is 0 Å². The van der Waals surface area contributed by atoms with E-state index in [0.29, 0.717) is 12.1 Å². The number of nitrogens with one attached hydrogen (secondary N) is 1. The molecule has 0 aliphatic heterocycles. The van der Waals surface area contributed by atoms with E-state index >= 15 is 0 Å².